The Hall–Kier alpha value is -1.81. The monoisotopic (exact) mass is 315 g/mol. The van der Waals surface area contributed by atoms with Gasteiger partial charge >= 0.3 is 0 Å². The van der Waals surface area contributed by atoms with E-state index in [1.54, 1.807) is 0 Å². The van der Waals surface area contributed by atoms with E-state index in [2.05, 4.69) is 17.5 Å². The molecule has 0 radical (unpaired) electrons. The summed E-state index contributed by atoms with van der Waals surface area (Å²) in [6, 6.07) is 7.91. The van der Waals surface area contributed by atoms with E-state index in [0.29, 0.717) is 25.5 Å². The Morgan fingerprint density at radius 3 is 2.83 bits per heavy atom. The van der Waals surface area contributed by atoms with Crippen LogP contribution in [0.1, 0.15) is 37.7 Å². The lowest BCUT2D eigenvalue weighted by atomic mass is 10.1. The molecule has 0 bridgehead atoms. The first-order valence-electron chi connectivity index (χ1n) is 8.56. The van der Waals surface area contributed by atoms with Crippen molar-refractivity contribution in [3.8, 4) is 5.75 Å². The smallest absolute Gasteiger partial charge is 0.220 e. The highest BCUT2D eigenvalue weighted by Crippen LogP contribution is 2.20. The normalized spacial score (nSPS) is 23.1. The van der Waals surface area contributed by atoms with Crippen LogP contribution in [0.15, 0.2) is 36.4 Å². The van der Waals surface area contributed by atoms with Gasteiger partial charge in [0.2, 0.25) is 5.91 Å². The van der Waals surface area contributed by atoms with Crippen molar-refractivity contribution in [3.05, 3.63) is 42.0 Å². The minimum atomic E-state index is 0.125. The van der Waals surface area contributed by atoms with E-state index in [0.717, 1.165) is 43.6 Å². The summed E-state index contributed by atoms with van der Waals surface area (Å²) >= 11 is 0. The van der Waals surface area contributed by atoms with E-state index < -0.39 is 0 Å². The largest absolute Gasteiger partial charge is 0.491 e. The summed E-state index contributed by atoms with van der Waals surface area (Å²) in [6.07, 6.45) is 9.56. The first kappa shape index (κ1) is 16.1. The predicted molar refractivity (Wildman–Crippen MR) is 89.2 cm³/mol. The van der Waals surface area contributed by atoms with Crippen molar-refractivity contribution >= 4 is 5.91 Å². The molecule has 23 heavy (non-hydrogen) atoms. The SMILES string of the molecule is O=C(C[C@@H]1C=CCC1)NCc1ccc(OC[C@H]2CCCO2)cc1. The average molecular weight is 315 g/mol. The van der Waals surface area contributed by atoms with E-state index >= 15 is 0 Å². The molecule has 1 heterocycles. The number of rotatable bonds is 7. The number of ether oxygens (including phenoxy) is 2. The summed E-state index contributed by atoms with van der Waals surface area (Å²) in [4.78, 5) is 11.9. The first-order chi connectivity index (χ1) is 11.3. The summed E-state index contributed by atoms with van der Waals surface area (Å²) in [6.45, 7) is 2.04. The Kier molecular flexibility index (Phi) is 5.70. The third kappa shape index (κ3) is 5.10. The Balaban J connectivity index is 1.38. The molecule has 1 aromatic rings. The van der Waals surface area contributed by atoms with Crippen LogP contribution in [0.4, 0.5) is 0 Å². The highest BCUT2D eigenvalue weighted by atomic mass is 16.5. The Morgan fingerprint density at radius 2 is 2.13 bits per heavy atom. The number of benzene rings is 1. The molecule has 0 aromatic heterocycles. The van der Waals surface area contributed by atoms with Gasteiger partial charge in [0, 0.05) is 19.6 Å². The van der Waals surface area contributed by atoms with Gasteiger partial charge in [-0.3, -0.25) is 4.79 Å². The van der Waals surface area contributed by atoms with Crippen LogP contribution in [0, 0.1) is 5.92 Å². The van der Waals surface area contributed by atoms with Gasteiger partial charge in [0.25, 0.3) is 0 Å². The van der Waals surface area contributed by atoms with Crippen molar-refractivity contribution in [2.24, 2.45) is 5.92 Å². The van der Waals surface area contributed by atoms with Gasteiger partial charge in [-0.05, 0) is 49.3 Å². The van der Waals surface area contributed by atoms with Gasteiger partial charge < -0.3 is 14.8 Å². The van der Waals surface area contributed by atoms with Crippen LogP contribution in [0.5, 0.6) is 5.75 Å². The number of amides is 1. The highest BCUT2D eigenvalue weighted by Gasteiger charge is 2.16. The lowest BCUT2D eigenvalue weighted by Crippen LogP contribution is -2.24. The average Bonchev–Trinajstić information content (AvgIpc) is 3.25. The first-order valence-corrected chi connectivity index (χ1v) is 8.56. The van der Waals surface area contributed by atoms with Gasteiger partial charge in [-0.25, -0.2) is 0 Å². The second kappa shape index (κ2) is 8.16. The van der Waals surface area contributed by atoms with Gasteiger partial charge in [-0.15, -0.1) is 0 Å². The standard InChI is InChI=1S/C19H25NO3/c21-19(12-15-4-1-2-5-15)20-13-16-7-9-17(10-8-16)23-14-18-6-3-11-22-18/h1,4,7-10,15,18H,2-3,5-6,11-14H2,(H,20,21)/t15-,18-/m1/s1. The van der Waals surface area contributed by atoms with Crippen LogP contribution in [0.2, 0.25) is 0 Å². The molecule has 2 aliphatic rings. The summed E-state index contributed by atoms with van der Waals surface area (Å²) in [5, 5.41) is 2.99. The van der Waals surface area contributed by atoms with Gasteiger partial charge in [-0.1, -0.05) is 24.3 Å². The molecule has 0 spiro atoms. The molecule has 2 atom stereocenters. The second-order valence-electron chi connectivity index (χ2n) is 6.34. The van der Waals surface area contributed by atoms with Crippen LogP contribution in [0.3, 0.4) is 0 Å². The van der Waals surface area contributed by atoms with Gasteiger partial charge in [0.05, 0.1) is 6.10 Å². The molecule has 1 aliphatic carbocycles. The fourth-order valence-corrected chi connectivity index (χ4v) is 3.04. The van der Waals surface area contributed by atoms with Crippen LogP contribution < -0.4 is 10.1 Å². The topological polar surface area (TPSA) is 47.6 Å². The van der Waals surface area contributed by atoms with Crippen molar-refractivity contribution in [3.63, 3.8) is 0 Å². The molecule has 1 N–H and O–H groups in total. The maximum Gasteiger partial charge on any atom is 0.220 e. The van der Waals surface area contributed by atoms with Crippen LogP contribution >= 0.6 is 0 Å². The van der Waals surface area contributed by atoms with Crippen LogP contribution in [-0.4, -0.2) is 25.2 Å². The number of carbonyl (C=O) groups excluding carboxylic acids is 1. The number of hydrogen-bond acceptors (Lipinski definition) is 3. The maximum atomic E-state index is 11.9. The lowest BCUT2D eigenvalue weighted by Gasteiger charge is -2.12. The zero-order valence-corrected chi connectivity index (χ0v) is 13.5. The highest BCUT2D eigenvalue weighted by molar-refractivity contribution is 5.76. The zero-order chi connectivity index (χ0) is 15.9. The maximum absolute atomic E-state index is 11.9. The van der Waals surface area contributed by atoms with Crippen LogP contribution in [-0.2, 0) is 16.1 Å². The molecule has 4 heteroatoms. The number of nitrogens with one attached hydrogen (secondary N) is 1. The second-order valence-corrected chi connectivity index (χ2v) is 6.34. The van der Waals surface area contributed by atoms with Crippen molar-refractivity contribution in [1.29, 1.82) is 0 Å². The van der Waals surface area contributed by atoms with E-state index in [1.807, 2.05) is 24.3 Å². The fourth-order valence-electron chi connectivity index (χ4n) is 3.04. The number of carbonyl (C=O) groups is 1. The van der Waals surface area contributed by atoms with E-state index in [-0.39, 0.29) is 12.0 Å². The number of allylic oxidation sites excluding steroid dienone is 2. The summed E-state index contributed by atoms with van der Waals surface area (Å²) in [5.41, 5.74) is 1.09. The van der Waals surface area contributed by atoms with Crippen molar-refractivity contribution < 1.29 is 14.3 Å². The van der Waals surface area contributed by atoms with E-state index in [1.165, 1.54) is 0 Å². The molecular formula is C19H25NO3. The molecule has 1 amide bonds. The van der Waals surface area contributed by atoms with Crippen LogP contribution in [0.25, 0.3) is 0 Å². The molecule has 1 fully saturated rings. The summed E-state index contributed by atoms with van der Waals surface area (Å²) < 4.78 is 11.3. The molecule has 1 saturated heterocycles. The minimum absolute atomic E-state index is 0.125. The van der Waals surface area contributed by atoms with Crippen molar-refractivity contribution in [2.45, 2.75) is 44.8 Å². The third-order valence-electron chi connectivity index (χ3n) is 4.43. The Bertz CT molecular complexity index is 532. The molecule has 0 saturated carbocycles. The molecule has 124 valence electrons. The molecule has 1 aliphatic heterocycles. The predicted octanol–water partition coefficient (Wildman–Crippen LogP) is 3.22. The van der Waals surface area contributed by atoms with Crippen molar-refractivity contribution in [1.82, 2.24) is 5.32 Å². The summed E-state index contributed by atoms with van der Waals surface area (Å²) in [7, 11) is 0. The van der Waals surface area contributed by atoms with Gasteiger partial charge in [-0.2, -0.15) is 0 Å². The summed E-state index contributed by atoms with van der Waals surface area (Å²) in [5.74, 6) is 1.40. The molecule has 3 rings (SSSR count). The molecule has 4 nitrogen and oxygen atoms in total. The van der Waals surface area contributed by atoms with Crippen molar-refractivity contribution in [2.75, 3.05) is 13.2 Å². The zero-order valence-electron chi connectivity index (χ0n) is 13.5. The third-order valence-corrected chi connectivity index (χ3v) is 4.43. The molecule has 0 unspecified atom stereocenters. The molecule has 1 aromatic carbocycles. The Labute approximate surface area is 137 Å². The molecular weight excluding hydrogens is 290 g/mol. The van der Waals surface area contributed by atoms with E-state index in [4.69, 9.17) is 9.47 Å². The lowest BCUT2D eigenvalue weighted by molar-refractivity contribution is -0.121. The van der Waals surface area contributed by atoms with Gasteiger partial charge in [0.1, 0.15) is 12.4 Å². The van der Waals surface area contributed by atoms with Gasteiger partial charge in [0.15, 0.2) is 0 Å². The number of hydrogen-bond donors (Lipinski definition) is 1. The fraction of sp³-hybridized carbons (Fsp3) is 0.526. The minimum Gasteiger partial charge on any atom is -0.491 e. The quantitative estimate of drug-likeness (QED) is 0.786. The van der Waals surface area contributed by atoms with E-state index in [9.17, 15) is 4.79 Å². The Morgan fingerprint density at radius 1 is 1.26 bits per heavy atom.